The van der Waals surface area contributed by atoms with Crippen LogP contribution in [0.15, 0.2) is 67.3 Å². The summed E-state index contributed by atoms with van der Waals surface area (Å²) in [6.45, 7) is 2.42. The number of ether oxygens (including phenoxy) is 1. The number of nitrogens with one attached hydrogen (secondary N) is 4. The van der Waals surface area contributed by atoms with Gasteiger partial charge in [0.2, 0.25) is 0 Å². The third-order valence-electron chi connectivity index (χ3n) is 6.53. The topological polar surface area (TPSA) is 108 Å². The van der Waals surface area contributed by atoms with Gasteiger partial charge in [0.1, 0.15) is 17.3 Å². The second-order valence-corrected chi connectivity index (χ2v) is 9.77. The quantitative estimate of drug-likeness (QED) is 0.0946. The van der Waals surface area contributed by atoms with Crippen LogP contribution in [0.25, 0.3) is 5.65 Å². The number of fused-ring (bicyclic) bond motifs is 1. The molecule has 226 valence electrons. The van der Waals surface area contributed by atoms with Gasteiger partial charge in [0.15, 0.2) is 5.65 Å². The zero-order valence-electron chi connectivity index (χ0n) is 23.6. The molecule has 0 radical (unpaired) electrons. The first-order chi connectivity index (χ1) is 21.1. The maximum atomic E-state index is 14.9. The maximum Gasteiger partial charge on any atom is 0.416 e. The van der Waals surface area contributed by atoms with Crippen LogP contribution < -0.4 is 20.7 Å². The number of hydrogen-bond donors (Lipinski definition) is 4. The smallest absolute Gasteiger partial charge is 0.416 e. The van der Waals surface area contributed by atoms with Gasteiger partial charge < -0.3 is 20.7 Å². The van der Waals surface area contributed by atoms with Crippen molar-refractivity contribution in [3.8, 4) is 17.6 Å². The van der Waals surface area contributed by atoms with Gasteiger partial charge in [-0.25, -0.2) is 9.37 Å². The Morgan fingerprint density at radius 2 is 1.95 bits per heavy atom. The van der Waals surface area contributed by atoms with Gasteiger partial charge in [0.25, 0.3) is 5.91 Å². The predicted octanol–water partition coefficient (Wildman–Crippen LogP) is 5.91. The van der Waals surface area contributed by atoms with E-state index in [1.54, 1.807) is 43.2 Å². The Bertz CT molecular complexity index is 1850. The molecule has 1 amide bonds. The number of pyridine rings is 1. The maximum absolute atomic E-state index is 14.9. The Morgan fingerprint density at radius 3 is 2.70 bits per heavy atom. The monoisotopic (exact) mass is 605 g/mol. The number of aromatic nitrogens is 4. The molecule has 5 aromatic rings. The molecule has 2 aromatic carbocycles. The number of nitrogens with zero attached hydrogens (tertiary/aromatic N) is 3. The van der Waals surface area contributed by atoms with Gasteiger partial charge in [-0.3, -0.25) is 14.3 Å². The first-order valence-electron chi connectivity index (χ1n) is 13.5. The van der Waals surface area contributed by atoms with Crippen molar-refractivity contribution in [2.45, 2.75) is 19.5 Å². The number of benzene rings is 2. The van der Waals surface area contributed by atoms with Crippen LogP contribution in [0.3, 0.4) is 0 Å². The number of halogens is 4. The average molecular weight is 606 g/mol. The number of hydrogen-bond acceptors (Lipinski definition) is 6. The number of amides is 1. The van der Waals surface area contributed by atoms with Gasteiger partial charge in [0, 0.05) is 29.7 Å². The highest BCUT2D eigenvalue weighted by molar-refractivity contribution is 6.05. The van der Waals surface area contributed by atoms with E-state index in [0.29, 0.717) is 35.4 Å². The van der Waals surface area contributed by atoms with Crippen LogP contribution in [0.2, 0.25) is 0 Å². The molecule has 4 N–H and O–H groups in total. The Hall–Kier alpha value is -5.35. The number of aryl methyl sites for hydroxylation is 1. The molecule has 0 bridgehead atoms. The van der Waals surface area contributed by atoms with E-state index >= 15 is 0 Å². The molecule has 0 aliphatic rings. The fourth-order valence-electron chi connectivity index (χ4n) is 4.34. The lowest BCUT2D eigenvalue weighted by molar-refractivity contribution is -0.137. The minimum absolute atomic E-state index is 0.0710. The van der Waals surface area contributed by atoms with Crippen molar-refractivity contribution in [1.29, 1.82) is 0 Å². The zero-order valence-corrected chi connectivity index (χ0v) is 23.6. The van der Waals surface area contributed by atoms with E-state index in [0.717, 1.165) is 29.6 Å². The van der Waals surface area contributed by atoms with Crippen molar-refractivity contribution in [2.75, 3.05) is 30.8 Å². The lowest BCUT2D eigenvalue weighted by Gasteiger charge is -2.14. The third-order valence-corrected chi connectivity index (χ3v) is 6.53. The molecule has 0 fully saturated rings. The molecular weight excluding hydrogens is 578 g/mol. The zero-order chi connectivity index (χ0) is 31.3. The molecule has 0 saturated heterocycles. The fraction of sp³-hybridized carbons (Fsp3) is 0.194. The van der Waals surface area contributed by atoms with E-state index < -0.39 is 23.5 Å². The van der Waals surface area contributed by atoms with E-state index in [-0.39, 0.29) is 23.6 Å². The largest absolute Gasteiger partial charge is 0.493 e. The van der Waals surface area contributed by atoms with Crippen LogP contribution in [0.5, 0.6) is 5.75 Å². The molecule has 0 atom stereocenters. The number of alkyl halides is 3. The molecule has 3 aromatic heterocycles. The van der Waals surface area contributed by atoms with Crippen LogP contribution >= 0.6 is 0 Å². The lowest BCUT2D eigenvalue weighted by Crippen LogP contribution is -2.16. The van der Waals surface area contributed by atoms with Crippen LogP contribution in [-0.4, -0.2) is 45.7 Å². The van der Waals surface area contributed by atoms with Gasteiger partial charge in [-0.1, -0.05) is 5.92 Å². The molecule has 3 heterocycles. The highest BCUT2D eigenvalue weighted by atomic mass is 19.4. The van der Waals surface area contributed by atoms with E-state index in [2.05, 4.69) is 43.0 Å². The Labute approximate surface area is 249 Å². The van der Waals surface area contributed by atoms with E-state index in [1.165, 1.54) is 12.1 Å². The molecule has 0 aliphatic carbocycles. The van der Waals surface area contributed by atoms with E-state index in [1.807, 2.05) is 12.1 Å². The molecule has 44 heavy (non-hydrogen) atoms. The molecule has 0 spiro atoms. The van der Waals surface area contributed by atoms with Crippen LogP contribution in [0.4, 0.5) is 34.6 Å². The highest BCUT2D eigenvalue weighted by Gasteiger charge is 2.32. The average Bonchev–Trinajstić information content (AvgIpc) is 3.65. The first kappa shape index (κ1) is 30.1. The minimum atomic E-state index is -4.68. The molecule has 5 rings (SSSR count). The summed E-state index contributed by atoms with van der Waals surface area (Å²) in [6.07, 6.45) is 2.58. The second-order valence-electron chi connectivity index (χ2n) is 9.77. The summed E-state index contributed by atoms with van der Waals surface area (Å²) < 4.78 is 62.8. The van der Waals surface area contributed by atoms with Gasteiger partial charge in [-0.2, -0.15) is 18.3 Å². The van der Waals surface area contributed by atoms with Gasteiger partial charge in [0.05, 0.1) is 41.5 Å². The Balaban J connectivity index is 1.40. The lowest BCUT2D eigenvalue weighted by atomic mass is 10.0. The van der Waals surface area contributed by atoms with Crippen molar-refractivity contribution in [3.05, 3.63) is 101 Å². The number of imidazole rings is 1. The molecule has 0 saturated carbocycles. The summed E-state index contributed by atoms with van der Waals surface area (Å²) in [4.78, 5) is 17.5. The molecule has 0 unspecified atom stereocenters. The van der Waals surface area contributed by atoms with Crippen molar-refractivity contribution < 1.29 is 27.1 Å². The number of anilines is 3. The number of H-pyrrole nitrogens is 1. The summed E-state index contributed by atoms with van der Waals surface area (Å²) in [5.41, 5.74) is 1.88. The number of carbonyl (C=O) groups is 1. The third kappa shape index (κ3) is 6.99. The molecule has 0 aliphatic heterocycles. The second kappa shape index (κ2) is 12.9. The summed E-state index contributed by atoms with van der Waals surface area (Å²) in [5, 5.41) is 15.1. The van der Waals surface area contributed by atoms with E-state index in [9.17, 15) is 22.4 Å². The number of carbonyl (C=O) groups excluding carboxylic acids is 1. The normalized spacial score (nSPS) is 11.2. The van der Waals surface area contributed by atoms with Crippen molar-refractivity contribution in [3.63, 3.8) is 0 Å². The predicted molar refractivity (Wildman–Crippen MR) is 158 cm³/mol. The van der Waals surface area contributed by atoms with E-state index in [4.69, 9.17) is 4.74 Å². The van der Waals surface area contributed by atoms with Crippen LogP contribution in [0.1, 0.15) is 39.2 Å². The highest BCUT2D eigenvalue weighted by Crippen LogP contribution is 2.34. The molecular formula is C31H27F4N7O2. The summed E-state index contributed by atoms with van der Waals surface area (Å²) >= 11 is 0. The molecule has 13 heteroatoms. The SMILES string of the molecule is CNCCCOc1cc(NC(=O)c2cc(C#Cc3cnc4c(Nc5cn[nH]c5)cccn34)c(C)cc2F)cc(C(F)(F)F)c1. The van der Waals surface area contributed by atoms with Crippen LogP contribution in [0, 0.1) is 24.6 Å². The summed E-state index contributed by atoms with van der Waals surface area (Å²) in [7, 11) is 1.75. The summed E-state index contributed by atoms with van der Waals surface area (Å²) in [5.74, 6) is 4.13. The first-order valence-corrected chi connectivity index (χ1v) is 13.5. The number of rotatable bonds is 9. The standard InChI is InChI=1S/C31H27F4N7O2/c1-19-11-27(32)26(30(43)41-22-13-21(31(33,34)35)14-25(15-22)44-10-4-8-36-2)12-20(19)6-7-24-18-37-29-28(5-3-9-42(24)29)40-23-16-38-39-17-23/h3,5,9,11-18,36,40H,4,8,10H2,1-2H3,(H,38,39)(H,41,43). The minimum Gasteiger partial charge on any atom is -0.493 e. The Morgan fingerprint density at radius 1 is 1.11 bits per heavy atom. The fourth-order valence-corrected chi connectivity index (χ4v) is 4.34. The van der Waals surface area contributed by atoms with Crippen molar-refractivity contribution in [1.82, 2.24) is 24.9 Å². The van der Waals surface area contributed by atoms with Gasteiger partial charge in [-0.15, -0.1) is 0 Å². The van der Waals surface area contributed by atoms with Crippen molar-refractivity contribution >= 4 is 28.6 Å². The van der Waals surface area contributed by atoms with Crippen molar-refractivity contribution in [2.24, 2.45) is 0 Å². The van der Waals surface area contributed by atoms with Gasteiger partial charge >= 0.3 is 6.18 Å². The molecule has 9 nitrogen and oxygen atoms in total. The van der Waals surface area contributed by atoms with Crippen LogP contribution in [-0.2, 0) is 6.18 Å². The number of aromatic amines is 1. The summed E-state index contributed by atoms with van der Waals surface area (Å²) in [6, 6.07) is 8.98. The Kier molecular flexibility index (Phi) is 8.82. The van der Waals surface area contributed by atoms with Gasteiger partial charge in [-0.05, 0) is 74.8 Å².